The Balaban J connectivity index is 2.07. The minimum absolute atomic E-state index is 0.587. The quantitative estimate of drug-likeness (QED) is 0.730. The van der Waals surface area contributed by atoms with Crippen molar-refractivity contribution in [3.8, 4) is 0 Å². The van der Waals surface area contributed by atoms with Gasteiger partial charge in [-0.1, -0.05) is 19.1 Å². The van der Waals surface area contributed by atoms with Crippen LogP contribution in [0.5, 0.6) is 0 Å². The van der Waals surface area contributed by atoms with E-state index in [2.05, 4.69) is 13.0 Å². The second kappa shape index (κ2) is 3.62. The molecule has 0 radical (unpaired) electrons. The second-order valence-corrected chi connectivity index (χ2v) is 4.23. The first kappa shape index (κ1) is 9.53. The maximum absolute atomic E-state index is 10.2. The summed E-state index contributed by atoms with van der Waals surface area (Å²) in [7, 11) is 0. The molecule has 0 amide bonds. The summed E-state index contributed by atoms with van der Waals surface area (Å²) in [5, 5.41) is 10.2. The fourth-order valence-electron chi connectivity index (χ4n) is 1.86. The van der Waals surface area contributed by atoms with Gasteiger partial charge in [0, 0.05) is 6.42 Å². The summed E-state index contributed by atoms with van der Waals surface area (Å²) >= 11 is 0. The zero-order valence-corrected chi connectivity index (χ0v) is 8.44. The third-order valence-electron chi connectivity index (χ3n) is 2.83. The van der Waals surface area contributed by atoms with Crippen molar-refractivity contribution in [2.45, 2.75) is 31.8 Å². The molecule has 2 heteroatoms. The topological polar surface area (TPSA) is 33.4 Å². The van der Waals surface area contributed by atoms with Gasteiger partial charge in [-0.2, -0.15) is 0 Å². The Kier molecular flexibility index (Phi) is 2.46. The predicted molar refractivity (Wildman–Crippen MR) is 54.9 cm³/mol. The minimum atomic E-state index is -0.690. The average molecular weight is 192 g/mol. The summed E-state index contributed by atoms with van der Waals surface area (Å²) in [6.45, 7) is 2.17. The zero-order valence-electron chi connectivity index (χ0n) is 8.44. The molecular formula is C12H16O2. The Morgan fingerprint density at radius 2 is 2.50 bits per heavy atom. The Morgan fingerprint density at radius 1 is 1.64 bits per heavy atom. The number of allylic oxidation sites excluding steroid dienone is 1. The largest absolute Gasteiger partial charge is 0.469 e. The summed E-state index contributed by atoms with van der Waals surface area (Å²) < 4.78 is 5.23. The smallest absolute Gasteiger partial charge is 0.106 e. The van der Waals surface area contributed by atoms with Crippen molar-refractivity contribution in [1.29, 1.82) is 0 Å². The van der Waals surface area contributed by atoms with Crippen LogP contribution in [0.15, 0.2) is 35.0 Å². The van der Waals surface area contributed by atoms with E-state index in [0.29, 0.717) is 12.3 Å². The van der Waals surface area contributed by atoms with Crippen molar-refractivity contribution in [2.24, 2.45) is 5.92 Å². The van der Waals surface area contributed by atoms with E-state index in [1.165, 1.54) is 0 Å². The Morgan fingerprint density at radius 3 is 3.07 bits per heavy atom. The summed E-state index contributed by atoms with van der Waals surface area (Å²) in [5.74, 6) is 1.44. The van der Waals surface area contributed by atoms with Gasteiger partial charge in [0.15, 0.2) is 0 Å². The summed E-state index contributed by atoms with van der Waals surface area (Å²) in [4.78, 5) is 0. The van der Waals surface area contributed by atoms with Crippen molar-refractivity contribution in [3.63, 3.8) is 0 Å². The fraction of sp³-hybridized carbons (Fsp3) is 0.500. The lowest BCUT2D eigenvalue weighted by atomic mass is 9.83. The molecule has 2 rings (SSSR count). The van der Waals surface area contributed by atoms with Crippen LogP contribution in [0, 0.1) is 5.92 Å². The number of hydrogen-bond donors (Lipinski definition) is 1. The summed E-state index contributed by atoms with van der Waals surface area (Å²) in [5.41, 5.74) is -0.690. The molecule has 1 heterocycles. The number of aliphatic hydroxyl groups is 1. The van der Waals surface area contributed by atoms with Gasteiger partial charge in [0.25, 0.3) is 0 Å². The molecule has 0 aromatic carbocycles. The van der Waals surface area contributed by atoms with Crippen LogP contribution in [0.3, 0.4) is 0 Å². The van der Waals surface area contributed by atoms with Gasteiger partial charge in [-0.15, -0.1) is 0 Å². The molecule has 2 unspecified atom stereocenters. The van der Waals surface area contributed by atoms with Gasteiger partial charge in [-0.25, -0.2) is 0 Å². The van der Waals surface area contributed by atoms with Gasteiger partial charge in [0.05, 0.1) is 11.9 Å². The van der Waals surface area contributed by atoms with E-state index in [9.17, 15) is 5.11 Å². The van der Waals surface area contributed by atoms with Gasteiger partial charge in [0.2, 0.25) is 0 Å². The number of furan rings is 1. The van der Waals surface area contributed by atoms with Gasteiger partial charge in [-0.3, -0.25) is 0 Å². The highest BCUT2D eigenvalue weighted by molar-refractivity contribution is 5.13. The molecule has 0 saturated carbocycles. The lowest BCUT2D eigenvalue weighted by Crippen LogP contribution is -2.31. The minimum Gasteiger partial charge on any atom is -0.469 e. The van der Waals surface area contributed by atoms with Crippen LogP contribution >= 0.6 is 0 Å². The molecule has 1 N–H and O–H groups in total. The molecule has 0 bridgehead atoms. The monoisotopic (exact) mass is 192 g/mol. The first-order valence-electron chi connectivity index (χ1n) is 5.12. The molecule has 14 heavy (non-hydrogen) atoms. The van der Waals surface area contributed by atoms with Gasteiger partial charge >= 0.3 is 0 Å². The van der Waals surface area contributed by atoms with Crippen molar-refractivity contribution >= 4 is 0 Å². The number of rotatable bonds is 2. The van der Waals surface area contributed by atoms with Crippen LogP contribution < -0.4 is 0 Å². The Hall–Kier alpha value is -1.02. The highest BCUT2D eigenvalue weighted by atomic mass is 16.3. The van der Waals surface area contributed by atoms with E-state index in [4.69, 9.17) is 4.42 Å². The lowest BCUT2D eigenvalue weighted by molar-refractivity contribution is 0.0647. The lowest BCUT2D eigenvalue weighted by Gasteiger charge is -2.28. The zero-order chi connectivity index (χ0) is 10.0. The first-order chi connectivity index (χ1) is 6.68. The maximum atomic E-state index is 10.2. The average Bonchev–Trinajstić information content (AvgIpc) is 2.63. The SMILES string of the molecule is CC1C=CC(O)(Cc2ccco2)CC1. The Bertz CT molecular complexity index is 313. The molecule has 0 fully saturated rings. The van der Waals surface area contributed by atoms with Crippen LogP contribution in [0.2, 0.25) is 0 Å². The highest BCUT2D eigenvalue weighted by Crippen LogP contribution is 2.28. The van der Waals surface area contributed by atoms with Crippen molar-refractivity contribution in [1.82, 2.24) is 0 Å². The van der Waals surface area contributed by atoms with Gasteiger partial charge < -0.3 is 9.52 Å². The van der Waals surface area contributed by atoms with Crippen molar-refractivity contribution < 1.29 is 9.52 Å². The predicted octanol–water partition coefficient (Wildman–Crippen LogP) is 2.54. The standard InChI is InChI=1S/C12H16O2/c1-10-4-6-12(13,7-5-10)9-11-3-2-8-14-11/h2-4,6,8,10,13H,5,7,9H2,1H3. The summed E-state index contributed by atoms with van der Waals surface area (Å²) in [6.07, 6.45) is 8.12. The van der Waals surface area contributed by atoms with Crippen molar-refractivity contribution in [2.75, 3.05) is 0 Å². The molecular weight excluding hydrogens is 176 g/mol. The van der Waals surface area contributed by atoms with E-state index >= 15 is 0 Å². The van der Waals surface area contributed by atoms with Crippen LogP contribution in [0.25, 0.3) is 0 Å². The molecule has 76 valence electrons. The second-order valence-electron chi connectivity index (χ2n) is 4.23. The molecule has 1 aromatic rings. The molecule has 1 aromatic heterocycles. The highest BCUT2D eigenvalue weighted by Gasteiger charge is 2.28. The van der Waals surface area contributed by atoms with E-state index in [0.717, 1.165) is 18.6 Å². The van der Waals surface area contributed by atoms with E-state index in [1.54, 1.807) is 6.26 Å². The van der Waals surface area contributed by atoms with E-state index in [1.807, 2.05) is 18.2 Å². The Labute approximate surface area is 84.2 Å². The third-order valence-corrected chi connectivity index (χ3v) is 2.83. The van der Waals surface area contributed by atoms with Crippen LogP contribution in [0.4, 0.5) is 0 Å². The van der Waals surface area contributed by atoms with Gasteiger partial charge in [-0.05, 0) is 30.9 Å². The van der Waals surface area contributed by atoms with E-state index in [-0.39, 0.29) is 0 Å². The molecule has 0 spiro atoms. The molecule has 2 nitrogen and oxygen atoms in total. The van der Waals surface area contributed by atoms with Crippen LogP contribution in [0.1, 0.15) is 25.5 Å². The van der Waals surface area contributed by atoms with Crippen LogP contribution in [-0.4, -0.2) is 10.7 Å². The first-order valence-corrected chi connectivity index (χ1v) is 5.12. The molecule has 1 aliphatic rings. The van der Waals surface area contributed by atoms with Crippen molar-refractivity contribution in [3.05, 3.63) is 36.3 Å². The van der Waals surface area contributed by atoms with Crippen LogP contribution in [-0.2, 0) is 6.42 Å². The molecule has 1 aliphatic carbocycles. The molecule has 0 aliphatic heterocycles. The van der Waals surface area contributed by atoms with Gasteiger partial charge in [0.1, 0.15) is 5.76 Å². The maximum Gasteiger partial charge on any atom is 0.106 e. The molecule has 0 saturated heterocycles. The fourth-order valence-corrected chi connectivity index (χ4v) is 1.86. The third kappa shape index (κ3) is 2.07. The summed E-state index contributed by atoms with van der Waals surface area (Å²) in [6, 6.07) is 3.76. The molecule has 2 atom stereocenters. The number of hydrogen-bond acceptors (Lipinski definition) is 2. The van der Waals surface area contributed by atoms with E-state index < -0.39 is 5.60 Å². The normalized spacial score (nSPS) is 32.0.